The number of carbonyl (C=O) groups is 2. The number of rotatable bonds is 8. The highest BCUT2D eigenvalue weighted by Gasteiger charge is 2.16. The van der Waals surface area contributed by atoms with E-state index in [0.29, 0.717) is 0 Å². The molecule has 1 amide bonds. The van der Waals surface area contributed by atoms with Gasteiger partial charge in [0.1, 0.15) is 5.75 Å². The van der Waals surface area contributed by atoms with Crippen molar-refractivity contribution < 1.29 is 19.4 Å². The number of amides is 1. The Kier molecular flexibility index (Phi) is 6.72. The van der Waals surface area contributed by atoms with Crippen molar-refractivity contribution in [2.45, 2.75) is 39.2 Å². The standard InChI is InChI=1S/C16H23NO4/c1-4-14(12-5-7-13(21-3)8-6-12)17-15(18)9-11(2)10-16(19)20/h5-8,11,14H,4,9-10H2,1-3H3,(H,17,18)(H,19,20). The molecule has 0 radical (unpaired) electrons. The third-order valence-corrected chi connectivity index (χ3v) is 3.32. The predicted molar refractivity (Wildman–Crippen MR) is 80.2 cm³/mol. The normalized spacial score (nSPS) is 13.3. The smallest absolute Gasteiger partial charge is 0.303 e. The molecule has 0 spiro atoms. The fourth-order valence-electron chi connectivity index (χ4n) is 2.20. The van der Waals surface area contributed by atoms with Gasteiger partial charge in [0.2, 0.25) is 5.91 Å². The minimum absolute atomic E-state index is 0.00669. The highest BCUT2D eigenvalue weighted by Crippen LogP contribution is 2.20. The Hall–Kier alpha value is -2.04. The second-order valence-corrected chi connectivity index (χ2v) is 5.21. The largest absolute Gasteiger partial charge is 0.497 e. The Morgan fingerprint density at radius 3 is 2.33 bits per heavy atom. The molecule has 0 saturated heterocycles. The van der Waals surface area contributed by atoms with Crippen molar-refractivity contribution in [1.82, 2.24) is 5.32 Å². The van der Waals surface area contributed by atoms with Gasteiger partial charge in [0, 0.05) is 12.8 Å². The van der Waals surface area contributed by atoms with Crippen molar-refractivity contribution >= 4 is 11.9 Å². The first-order valence-electron chi connectivity index (χ1n) is 7.11. The molecule has 0 saturated carbocycles. The zero-order valence-electron chi connectivity index (χ0n) is 12.8. The third-order valence-electron chi connectivity index (χ3n) is 3.32. The van der Waals surface area contributed by atoms with Gasteiger partial charge in [-0.25, -0.2) is 0 Å². The van der Waals surface area contributed by atoms with E-state index >= 15 is 0 Å². The van der Waals surface area contributed by atoms with Crippen LogP contribution in [0.5, 0.6) is 5.75 Å². The van der Waals surface area contributed by atoms with Gasteiger partial charge in [-0.3, -0.25) is 9.59 Å². The van der Waals surface area contributed by atoms with Gasteiger partial charge in [-0.2, -0.15) is 0 Å². The summed E-state index contributed by atoms with van der Waals surface area (Å²) in [5.74, 6) is -0.394. The van der Waals surface area contributed by atoms with Crippen LogP contribution in [-0.2, 0) is 9.59 Å². The predicted octanol–water partition coefficient (Wildman–Crippen LogP) is 2.76. The zero-order chi connectivity index (χ0) is 15.8. The lowest BCUT2D eigenvalue weighted by Crippen LogP contribution is -2.29. The maximum atomic E-state index is 12.0. The zero-order valence-corrected chi connectivity index (χ0v) is 12.8. The second-order valence-electron chi connectivity index (χ2n) is 5.21. The first kappa shape index (κ1) is 17.0. The summed E-state index contributed by atoms with van der Waals surface area (Å²) in [4.78, 5) is 22.6. The SMILES string of the molecule is CCC(NC(=O)CC(C)CC(=O)O)c1ccc(OC)cc1. The minimum atomic E-state index is -0.877. The summed E-state index contributed by atoms with van der Waals surface area (Å²) in [6, 6.07) is 7.50. The van der Waals surface area contributed by atoms with Gasteiger partial charge in [-0.05, 0) is 30.0 Å². The van der Waals surface area contributed by atoms with Crippen molar-refractivity contribution in [2.24, 2.45) is 5.92 Å². The fourth-order valence-corrected chi connectivity index (χ4v) is 2.20. The van der Waals surface area contributed by atoms with E-state index in [0.717, 1.165) is 17.7 Å². The summed E-state index contributed by atoms with van der Waals surface area (Å²) in [7, 11) is 1.61. The van der Waals surface area contributed by atoms with E-state index in [1.807, 2.05) is 31.2 Å². The number of carbonyl (C=O) groups excluding carboxylic acids is 1. The number of carboxylic acid groups (broad SMARTS) is 1. The first-order chi connectivity index (χ1) is 9.96. The molecule has 2 atom stereocenters. The lowest BCUT2D eigenvalue weighted by Gasteiger charge is -2.19. The number of nitrogens with one attached hydrogen (secondary N) is 1. The Morgan fingerprint density at radius 2 is 1.86 bits per heavy atom. The van der Waals surface area contributed by atoms with Crippen molar-refractivity contribution in [3.05, 3.63) is 29.8 Å². The molecular weight excluding hydrogens is 270 g/mol. The topological polar surface area (TPSA) is 75.6 Å². The Balaban J connectivity index is 2.60. The van der Waals surface area contributed by atoms with Crippen LogP contribution in [0.25, 0.3) is 0 Å². The number of benzene rings is 1. The van der Waals surface area contributed by atoms with Crippen molar-refractivity contribution in [3.63, 3.8) is 0 Å². The number of carboxylic acids is 1. The van der Waals surface area contributed by atoms with Gasteiger partial charge in [-0.1, -0.05) is 26.0 Å². The van der Waals surface area contributed by atoms with E-state index < -0.39 is 5.97 Å². The number of hydrogen-bond acceptors (Lipinski definition) is 3. The second kappa shape index (κ2) is 8.29. The lowest BCUT2D eigenvalue weighted by atomic mass is 10.0. The summed E-state index contributed by atoms with van der Waals surface area (Å²) >= 11 is 0. The van der Waals surface area contributed by atoms with Gasteiger partial charge in [-0.15, -0.1) is 0 Å². The van der Waals surface area contributed by atoms with E-state index in [1.165, 1.54) is 0 Å². The summed E-state index contributed by atoms with van der Waals surface area (Å²) in [5, 5.41) is 11.7. The molecule has 2 unspecified atom stereocenters. The van der Waals surface area contributed by atoms with Gasteiger partial charge in [0.25, 0.3) is 0 Å². The van der Waals surface area contributed by atoms with Crippen LogP contribution < -0.4 is 10.1 Å². The molecule has 5 nitrogen and oxygen atoms in total. The van der Waals surface area contributed by atoms with E-state index in [9.17, 15) is 9.59 Å². The molecular formula is C16H23NO4. The highest BCUT2D eigenvalue weighted by molar-refractivity contribution is 5.77. The number of ether oxygens (including phenoxy) is 1. The summed E-state index contributed by atoms with van der Waals surface area (Å²) in [6.07, 6.45) is 0.997. The summed E-state index contributed by atoms with van der Waals surface area (Å²) in [6.45, 7) is 3.76. The van der Waals surface area contributed by atoms with Crippen LogP contribution in [-0.4, -0.2) is 24.1 Å². The van der Waals surface area contributed by atoms with Crippen LogP contribution in [0.1, 0.15) is 44.7 Å². The molecule has 0 bridgehead atoms. The van der Waals surface area contributed by atoms with Crippen LogP contribution in [0.3, 0.4) is 0 Å². The average molecular weight is 293 g/mol. The van der Waals surface area contributed by atoms with Crippen molar-refractivity contribution in [3.8, 4) is 5.75 Å². The van der Waals surface area contributed by atoms with E-state index in [1.54, 1.807) is 14.0 Å². The van der Waals surface area contributed by atoms with E-state index in [-0.39, 0.29) is 30.7 Å². The summed E-state index contributed by atoms with van der Waals surface area (Å²) < 4.78 is 5.11. The molecule has 1 aromatic carbocycles. The van der Waals surface area contributed by atoms with Gasteiger partial charge in [0.05, 0.1) is 13.2 Å². The number of aliphatic carboxylic acids is 1. The monoisotopic (exact) mass is 293 g/mol. The molecule has 0 aliphatic heterocycles. The van der Waals surface area contributed by atoms with Crippen molar-refractivity contribution in [1.29, 1.82) is 0 Å². The molecule has 1 aromatic rings. The molecule has 1 rings (SSSR count). The quantitative estimate of drug-likeness (QED) is 0.772. The van der Waals surface area contributed by atoms with Gasteiger partial charge >= 0.3 is 5.97 Å². The van der Waals surface area contributed by atoms with Crippen molar-refractivity contribution in [2.75, 3.05) is 7.11 Å². The minimum Gasteiger partial charge on any atom is -0.497 e. The molecule has 0 aliphatic carbocycles. The highest BCUT2D eigenvalue weighted by atomic mass is 16.5. The number of hydrogen-bond donors (Lipinski definition) is 2. The first-order valence-corrected chi connectivity index (χ1v) is 7.11. The maximum Gasteiger partial charge on any atom is 0.303 e. The van der Waals surface area contributed by atoms with Crippen LogP contribution in [0.2, 0.25) is 0 Å². The number of methoxy groups -OCH3 is 1. The maximum absolute atomic E-state index is 12.0. The average Bonchev–Trinajstić information content (AvgIpc) is 2.44. The molecule has 2 N–H and O–H groups in total. The van der Waals surface area contributed by atoms with Crippen LogP contribution >= 0.6 is 0 Å². The Morgan fingerprint density at radius 1 is 1.24 bits per heavy atom. The molecule has 21 heavy (non-hydrogen) atoms. The molecule has 5 heteroatoms. The lowest BCUT2D eigenvalue weighted by molar-refractivity contribution is -0.138. The van der Waals surface area contributed by atoms with Gasteiger partial charge in [0.15, 0.2) is 0 Å². The third kappa shape index (κ3) is 5.85. The molecule has 116 valence electrons. The van der Waals surface area contributed by atoms with Gasteiger partial charge < -0.3 is 15.2 Å². The Bertz CT molecular complexity index is 470. The van der Waals surface area contributed by atoms with Crippen LogP contribution in [0, 0.1) is 5.92 Å². The Labute approximate surface area is 125 Å². The van der Waals surface area contributed by atoms with Crippen LogP contribution in [0.4, 0.5) is 0 Å². The molecule has 0 heterocycles. The van der Waals surface area contributed by atoms with E-state index in [4.69, 9.17) is 9.84 Å². The molecule has 0 fully saturated rings. The van der Waals surface area contributed by atoms with E-state index in [2.05, 4.69) is 5.32 Å². The molecule has 0 aliphatic rings. The molecule has 0 aromatic heterocycles. The van der Waals surface area contributed by atoms with Crippen LogP contribution in [0.15, 0.2) is 24.3 Å². The summed E-state index contributed by atoms with van der Waals surface area (Å²) in [5.41, 5.74) is 1.01. The fraction of sp³-hybridized carbons (Fsp3) is 0.500.